The third-order valence-electron chi connectivity index (χ3n) is 3.72. The number of hydrogen-bond donors (Lipinski definition) is 10. The maximum atomic E-state index is 12.6. The van der Waals surface area contributed by atoms with Gasteiger partial charge in [-0.3, -0.25) is 19.4 Å². The smallest absolute Gasteiger partial charge is 0.327 e. The van der Waals surface area contributed by atoms with E-state index >= 15 is 0 Å². The predicted molar refractivity (Wildman–Crippen MR) is 123 cm³/mol. The summed E-state index contributed by atoms with van der Waals surface area (Å²) in [5.41, 5.74) is 16.1. The molecule has 0 aromatic rings. The highest BCUT2D eigenvalue weighted by atomic mass is 32.1. The van der Waals surface area contributed by atoms with Crippen LogP contribution in [0.3, 0.4) is 0 Å². The number of guanidine groups is 1. The Morgan fingerprint density at radius 2 is 1.33 bits per heavy atom. The van der Waals surface area contributed by atoms with E-state index in [4.69, 9.17) is 22.3 Å². The molecule has 0 radical (unpaired) electrons. The van der Waals surface area contributed by atoms with Crippen molar-refractivity contribution in [2.24, 2.45) is 22.2 Å². The zero-order valence-corrected chi connectivity index (χ0v) is 18.8. The molecule has 172 valence electrons. The number of hydrogen-bond acceptors (Lipinski definition) is 9. The lowest BCUT2D eigenvalue weighted by Gasteiger charge is -2.24. The minimum Gasteiger partial charge on any atom is -0.480 e. The molecule has 0 aromatic heterocycles. The number of nitrogens with two attached hydrogens (primary N) is 3. The Hall–Kier alpha value is -1.84. The summed E-state index contributed by atoms with van der Waals surface area (Å²) in [5.74, 6) is -3.56. The molecule has 10 N–H and O–H groups in total. The Morgan fingerprint density at radius 1 is 0.833 bits per heavy atom. The van der Waals surface area contributed by atoms with Gasteiger partial charge in [0.15, 0.2) is 5.96 Å². The minimum atomic E-state index is -1.27. The van der Waals surface area contributed by atoms with E-state index in [-0.39, 0.29) is 36.2 Å². The highest BCUT2D eigenvalue weighted by Gasteiger charge is 2.29. The fourth-order valence-corrected chi connectivity index (χ4v) is 2.73. The summed E-state index contributed by atoms with van der Waals surface area (Å²) in [4.78, 5) is 51.9. The van der Waals surface area contributed by atoms with E-state index in [0.29, 0.717) is 6.42 Å². The number of rotatable bonds is 14. The molecule has 4 atom stereocenters. The maximum Gasteiger partial charge on any atom is 0.327 e. The highest BCUT2D eigenvalue weighted by Crippen LogP contribution is 2.02. The van der Waals surface area contributed by atoms with E-state index in [1.165, 1.54) is 0 Å². The van der Waals surface area contributed by atoms with Crippen molar-refractivity contribution < 1.29 is 24.3 Å². The number of carbonyl (C=O) groups is 4. The fraction of sp³-hybridized carbons (Fsp3) is 0.667. The fourth-order valence-electron chi connectivity index (χ4n) is 2.06. The molecule has 0 saturated carbocycles. The summed E-state index contributed by atoms with van der Waals surface area (Å²) in [6.45, 7) is 0.195. The number of carbonyl (C=O) groups excluding carboxylic acids is 3. The number of nitrogens with zero attached hydrogens (tertiary/aromatic N) is 1. The molecule has 0 bridgehead atoms. The topological polar surface area (TPSA) is 215 Å². The van der Waals surface area contributed by atoms with Crippen LogP contribution >= 0.6 is 37.9 Å². The number of carboxylic acid groups (broad SMARTS) is 1. The van der Waals surface area contributed by atoms with E-state index in [1.54, 1.807) is 0 Å². The molecular formula is C15H29N7O5S3. The van der Waals surface area contributed by atoms with Crippen molar-refractivity contribution in [3.8, 4) is 0 Å². The van der Waals surface area contributed by atoms with Crippen LogP contribution in [0.15, 0.2) is 4.99 Å². The number of nitrogens with one attached hydrogen (secondary N) is 3. The molecule has 30 heavy (non-hydrogen) atoms. The van der Waals surface area contributed by atoms with Crippen LogP contribution in [-0.2, 0) is 19.2 Å². The molecule has 0 aliphatic heterocycles. The van der Waals surface area contributed by atoms with Crippen molar-refractivity contribution in [3.05, 3.63) is 0 Å². The van der Waals surface area contributed by atoms with Gasteiger partial charge in [-0.1, -0.05) is 0 Å². The Morgan fingerprint density at radius 3 is 1.80 bits per heavy atom. The first-order valence-corrected chi connectivity index (χ1v) is 10.7. The van der Waals surface area contributed by atoms with E-state index in [2.05, 4.69) is 58.8 Å². The van der Waals surface area contributed by atoms with Gasteiger partial charge in [-0.2, -0.15) is 37.9 Å². The first-order valence-electron chi connectivity index (χ1n) is 8.84. The van der Waals surface area contributed by atoms with Crippen LogP contribution in [0.2, 0.25) is 0 Å². The van der Waals surface area contributed by atoms with Gasteiger partial charge in [0.05, 0.1) is 6.04 Å². The second-order valence-corrected chi connectivity index (χ2v) is 7.22. The lowest BCUT2D eigenvalue weighted by molar-refractivity contribution is -0.141. The summed E-state index contributed by atoms with van der Waals surface area (Å²) in [6, 6.07) is -4.34. The average molecular weight is 484 g/mol. The second kappa shape index (κ2) is 15.0. The van der Waals surface area contributed by atoms with E-state index in [1.807, 2.05) is 0 Å². The highest BCUT2D eigenvalue weighted by molar-refractivity contribution is 7.80. The van der Waals surface area contributed by atoms with Crippen molar-refractivity contribution in [2.45, 2.75) is 37.0 Å². The van der Waals surface area contributed by atoms with E-state index < -0.39 is 47.9 Å². The first-order chi connectivity index (χ1) is 14.1. The molecule has 4 unspecified atom stereocenters. The number of thiol groups is 3. The lowest BCUT2D eigenvalue weighted by Crippen LogP contribution is -2.58. The average Bonchev–Trinajstić information content (AvgIpc) is 2.70. The monoisotopic (exact) mass is 483 g/mol. The molecular weight excluding hydrogens is 454 g/mol. The second-order valence-electron chi connectivity index (χ2n) is 6.12. The zero-order valence-electron chi connectivity index (χ0n) is 16.2. The van der Waals surface area contributed by atoms with Gasteiger partial charge in [0.25, 0.3) is 0 Å². The van der Waals surface area contributed by atoms with Gasteiger partial charge in [0.1, 0.15) is 18.1 Å². The van der Waals surface area contributed by atoms with E-state index in [9.17, 15) is 19.2 Å². The van der Waals surface area contributed by atoms with Gasteiger partial charge in [-0.15, -0.1) is 0 Å². The molecule has 3 amide bonds. The molecule has 0 aromatic carbocycles. The molecule has 12 nitrogen and oxygen atoms in total. The van der Waals surface area contributed by atoms with Crippen LogP contribution in [-0.4, -0.2) is 82.7 Å². The number of amides is 3. The first kappa shape index (κ1) is 28.2. The molecule has 15 heteroatoms. The van der Waals surface area contributed by atoms with Crippen LogP contribution < -0.4 is 33.2 Å². The van der Waals surface area contributed by atoms with Crippen molar-refractivity contribution in [2.75, 3.05) is 23.8 Å². The molecule has 0 rings (SSSR count). The van der Waals surface area contributed by atoms with Crippen LogP contribution in [0.4, 0.5) is 0 Å². The van der Waals surface area contributed by atoms with Crippen LogP contribution in [0.1, 0.15) is 12.8 Å². The SMILES string of the molecule is NC(N)=NCCCC(NC(=O)C(CS)NC(=O)C(N)CS)C(=O)NC(CS)C(=O)O. The van der Waals surface area contributed by atoms with Gasteiger partial charge in [0, 0.05) is 23.8 Å². The maximum absolute atomic E-state index is 12.6. The summed E-state index contributed by atoms with van der Waals surface area (Å²) in [5, 5.41) is 16.3. The molecule has 0 aliphatic carbocycles. The molecule has 0 heterocycles. The van der Waals surface area contributed by atoms with Gasteiger partial charge < -0.3 is 38.3 Å². The summed E-state index contributed by atoms with van der Waals surface area (Å²) < 4.78 is 0. The van der Waals surface area contributed by atoms with Crippen molar-refractivity contribution in [1.29, 1.82) is 0 Å². The third kappa shape index (κ3) is 10.8. The molecule has 0 spiro atoms. The largest absolute Gasteiger partial charge is 0.480 e. The minimum absolute atomic E-state index is 0.0619. The standard InChI is InChI=1S/C15H29N7O5S3/c16-7(4-28)11(23)21-9(5-29)13(25)20-8(2-1-3-19-15(17)18)12(24)22-10(6-30)14(26)27/h7-10,28-30H,1-6,16H2,(H,20,25)(H,21,23)(H,22,24)(H,26,27)(H4,17,18,19). The molecule has 0 fully saturated rings. The Balaban J connectivity index is 5.24. The Bertz CT molecular complexity index is 634. The summed E-state index contributed by atoms with van der Waals surface area (Å²) in [7, 11) is 0. The van der Waals surface area contributed by atoms with Gasteiger partial charge in [-0.25, -0.2) is 4.79 Å². The number of aliphatic carboxylic acids is 1. The van der Waals surface area contributed by atoms with Gasteiger partial charge in [0.2, 0.25) is 17.7 Å². The summed E-state index contributed by atoms with van der Waals surface area (Å²) in [6.07, 6.45) is 0.425. The Labute approximate surface area is 190 Å². The summed E-state index contributed by atoms with van der Waals surface area (Å²) >= 11 is 11.8. The van der Waals surface area contributed by atoms with Crippen molar-refractivity contribution >= 4 is 67.5 Å². The quantitative estimate of drug-likeness (QED) is 0.0521. The van der Waals surface area contributed by atoms with Crippen LogP contribution in [0.5, 0.6) is 0 Å². The van der Waals surface area contributed by atoms with Crippen LogP contribution in [0.25, 0.3) is 0 Å². The Kier molecular flexibility index (Phi) is 14.1. The van der Waals surface area contributed by atoms with E-state index in [0.717, 1.165) is 0 Å². The molecule has 0 aliphatic rings. The normalized spacial score (nSPS) is 14.5. The third-order valence-corrected chi connectivity index (χ3v) is 4.85. The number of aliphatic imine (C=N–C) groups is 1. The van der Waals surface area contributed by atoms with Crippen molar-refractivity contribution in [1.82, 2.24) is 16.0 Å². The van der Waals surface area contributed by atoms with Gasteiger partial charge >= 0.3 is 5.97 Å². The zero-order chi connectivity index (χ0) is 23.3. The predicted octanol–water partition coefficient (Wildman–Crippen LogP) is -3.30. The van der Waals surface area contributed by atoms with Crippen LogP contribution in [0, 0.1) is 0 Å². The molecule has 0 saturated heterocycles. The number of carboxylic acids is 1. The van der Waals surface area contributed by atoms with Crippen molar-refractivity contribution in [3.63, 3.8) is 0 Å². The lowest BCUT2D eigenvalue weighted by atomic mass is 10.1. The van der Waals surface area contributed by atoms with Gasteiger partial charge in [-0.05, 0) is 12.8 Å².